The number of aliphatic hydroxyl groups excluding tert-OH is 1. The molecule has 0 spiro atoms. The standard InChI is InChI=1S/C16H33NO4/c1-2-3-7-19-9-11-21-12-10-20-8-6-16(13-17,14-18)15-4-5-15/h15,18H,2-14,17H2,1H3. The summed E-state index contributed by atoms with van der Waals surface area (Å²) < 4.78 is 16.4. The van der Waals surface area contributed by atoms with Crippen LogP contribution >= 0.6 is 0 Å². The van der Waals surface area contributed by atoms with E-state index in [1.54, 1.807) is 0 Å². The highest BCUT2D eigenvalue weighted by molar-refractivity contribution is 4.94. The van der Waals surface area contributed by atoms with Crippen LogP contribution in [-0.4, -0.2) is 57.9 Å². The Morgan fingerprint density at radius 1 is 1.00 bits per heavy atom. The van der Waals surface area contributed by atoms with E-state index in [1.165, 1.54) is 12.8 Å². The molecule has 0 aliphatic heterocycles. The summed E-state index contributed by atoms with van der Waals surface area (Å²) in [5, 5.41) is 9.57. The van der Waals surface area contributed by atoms with Gasteiger partial charge in [0.2, 0.25) is 0 Å². The molecular formula is C16H33NO4. The number of rotatable bonds is 15. The third-order valence-electron chi connectivity index (χ3n) is 4.30. The Labute approximate surface area is 129 Å². The molecule has 1 aliphatic carbocycles. The maximum Gasteiger partial charge on any atom is 0.0701 e. The number of unbranched alkanes of at least 4 members (excludes halogenated alkanes) is 1. The van der Waals surface area contributed by atoms with Crippen LogP contribution in [0.5, 0.6) is 0 Å². The van der Waals surface area contributed by atoms with Gasteiger partial charge in [-0.2, -0.15) is 0 Å². The molecule has 5 nitrogen and oxygen atoms in total. The van der Waals surface area contributed by atoms with Gasteiger partial charge in [0, 0.05) is 25.2 Å². The first-order chi connectivity index (χ1) is 10.3. The molecule has 0 aromatic rings. The van der Waals surface area contributed by atoms with Gasteiger partial charge in [0.25, 0.3) is 0 Å². The molecule has 0 heterocycles. The molecule has 126 valence electrons. The first-order valence-corrected chi connectivity index (χ1v) is 8.33. The molecule has 0 saturated heterocycles. The Hall–Kier alpha value is -0.200. The summed E-state index contributed by atoms with van der Waals surface area (Å²) in [6.45, 7) is 6.79. The molecule has 0 radical (unpaired) electrons. The lowest BCUT2D eigenvalue weighted by Gasteiger charge is -2.30. The third-order valence-corrected chi connectivity index (χ3v) is 4.30. The fraction of sp³-hybridized carbons (Fsp3) is 1.00. The highest BCUT2D eigenvalue weighted by Crippen LogP contribution is 2.46. The Bertz CT molecular complexity index is 242. The Morgan fingerprint density at radius 2 is 1.57 bits per heavy atom. The molecule has 3 N–H and O–H groups in total. The summed E-state index contributed by atoms with van der Waals surface area (Å²) in [4.78, 5) is 0. The molecular weight excluding hydrogens is 270 g/mol. The zero-order valence-electron chi connectivity index (χ0n) is 13.5. The van der Waals surface area contributed by atoms with Gasteiger partial charge in [-0.25, -0.2) is 0 Å². The lowest BCUT2D eigenvalue weighted by Crippen LogP contribution is -2.37. The van der Waals surface area contributed by atoms with Crippen molar-refractivity contribution in [3.05, 3.63) is 0 Å². The van der Waals surface area contributed by atoms with Crippen molar-refractivity contribution >= 4 is 0 Å². The zero-order valence-corrected chi connectivity index (χ0v) is 13.5. The van der Waals surface area contributed by atoms with E-state index in [4.69, 9.17) is 19.9 Å². The van der Waals surface area contributed by atoms with Crippen LogP contribution in [0.3, 0.4) is 0 Å². The lowest BCUT2D eigenvalue weighted by atomic mass is 9.80. The maximum atomic E-state index is 9.57. The second-order valence-electron chi connectivity index (χ2n) is 5.94. The molecule has 1 rings (SSSR count). The van der Waals surface area contributed by atoms with Gasteiger partial charge in [0.15, 0.2) is 0 Å². The van der Waals surface area contributed by atoms with Crippen LogP contribution in [0.4, 0.5) is 0 Å². The van der Waals surface area contributed by atoms with Crippen LogP contribution in [0, 0.1) is 11.3 Å². The first-order valence-electron chi connectivity index (χ1n) is 8.33. The predicted octanol–water partition coefficient (Wildman–Crippen LogP) is 1.57. The van der Waals surface area contributed by atoms with Gasteiger partial charge in [0.05, 0.1) is 33.0 Å². The fourth-order valence-electron chi connectivity index (χ4n) is 2.50. The SMILES string of the molecule is CCCCOCCOCCOCCC(CN)(CO)C1CC1. The topological polar surface area (TPSA) is 73.9 Å². The van der Waals surface area contributed by atoms with E-state index >= 15 is 0 Å². The monoisotopic (exact) mass is 303 g/mol. The third kappa shape index (κ3) is 7.56. The Morgan fingerprint density at radius 3 is 2.05 bits per heavy atom. The number of hydrogen-bond acceptors (Lipinski definition) is 5. The van der Waals surface area contributed by atoms with E-state index < -0.39 is 0 Å². The number of aliphatic hydroxyl groups is 1. The van der Waals surface area contributed by atoms with Crippen molar-refractivity contribution in [2.75, 3.05) is 52.8 Å². The second kappa shape index (κ2) is 11.4. The minimum Gasteiger partial charge on any atom is -0.396 e. The number of hydrogen-bond donors (Lipinski definition) is 2. The van der Waals surface area contributed by atoms with Crippen LogP contribution < -0.4 is 5.73 Å². The summed E-state index contributed by atoms with van der Waals surface area (Å²) in [5.41, 5.74) is 5.72. The lowest BCUT2D eigenvalue weighted by molar-refractivity contribution is 0.000596. The summed E-state index contributed by atoms with van der Waals surface area (Å²) >= 11 is 0. The summed E-state index contributed by atoms with van der Waals surface area (Å²) in [7, 11) is 0. The van der Waals surface area contributed by atoms with Gasteiger partial charge in [-0.05, 0) is 31.6 Å². The molecule has 1 unspecified atom stereocenters. The maximum absolute atomic E-state index is 9.57. The van der Waals surface area contributed by atoms with Gasteiger partial charge in [-0.1, -0.05) is 13.3 Å². The molecule has 0 aromatic heterocycles. The molecule has 1 fully saturated rings. The van der Waals surface area contributed by atoms with E-state index in [-0.39, 0.29) is 12.0 Å². The Balaban J connectivity index is 1.90. The fourth-order valence-corrected chi connectivity index (χ4v) is 2.50. The quantitative estimate of drug-likeness (QED) is 0.449. The van der Waals surface area contributed by atoms with Gasteiger partial charge >= 0.3 is 0 Å². The smallest absolute Gasteiger partial charge is 0.0701 e. The van der Waals surface area contributed by atoms with Crippen molar-refractivity contribution in [1.82, 2.24) is 0 Å². The molecule has 5 heteroatoms. The summed E-state index contributed by atoms with van der Waals surface area (Å²) in [6.07, 6.45) is 5.49. The summed E-state index contributed by atoms with van der Waals surface area (Å²) in [5.74, 6) is 0.590. The summed E-state index contributed by atoms with van der Waals surface area (Å²) in [6, 6.07) is 0. The highest BCUT2D eigenvalue weighted by Gasteiger charge is 2.43. The molecule has 0 aromatic carbocycles. The first kappa shape index (κ1) is 18.8. The average molecular weight is 303 g/mol. The predicted molar refractivity (Wildman–Crippen MR) is 83.3 cm³/mol. The Kier molecular flexibility index (Phi) is 10.2. The van der Waals surface area contributed by atoms with Gasteiger partial charge in [0.1, 0.15) is 0 Å². The van der Waals surface area contributed by atoms with Crippen molar-refractivity contribution in [1.29, 1.82) is 0 Å². The van der Waals surface area contributed by atoms with Crippen molar-refractivity contribution in [2.45, 2.75) is 39.0 Å². The largest absolute Gasteiger partial charge is 0.396 e. The zero-order chi connectivity index (χ0) is 15.4. The van der Waals surface area contributed by atoms with Gasteiger partial charge in [-0.15, -0.1) is 0 Å². The van der Waals surface area contributed by atoms with Crippen molar-refractivity contribution in [2.24, 2.45) is 17.1 Å². The normalized spacial score (nSPS) is 17.9. The molecule has 21 heavy (non-hydrogen) atoms. The van der Waals surface area contributed by atoms with E-state index in [0.717, 1.165) is 25.9 Å². The average Bonchev–Trinajstić information content (AvgIpc) is 3.34. The molecule has 1 aliphatic rings. The minimum atomic E-state index is -0.117. The molecule has 0 amide bonds. The molecule has 1 atom stereocenters. The molecule has 1 saturated carbocycles. The van der Waals surface area contributed by atoms with E-state index in [2.05, 4.69) is 6.92 Å². The van der Waals surface area contributed by atoms with Crippen LogP contribution in [0.2, 0.25) is 0 Å². The van der Waals surface area contributed by atoms with E-state index in [9.17, 15) is 5.11 Å². The number of ether oxygens (including phenoxy) is 3. The van der Waals surface area contributed by atoms with Crippen LogP contribution in [0.25, 0.3) is 0 Å². The second-order valence-corrected chi connectivity index (χ2v) is 5.94. The number of nitrogens with two attached hydrogens (primary N) is 1. The van der Waals surface area contributed by atoms with E-state index in [0.29, 0.717) is 45.5 Å². The van der Waals surface area contributed by atoms with Crippen molar-refractivity contribution in [3.8, 4) is 0 Å². The van der Waals surface area contributed by atoms with Crippen molar-refractivity contribution < 1.29 is 19.3 Å². The van der Waals surface area contributed by atoms with Gasteiger partial charge in [-0.3, -0.25) is 0 Å². The molecule has 0 bridgehead atoms. The van der Waals surface area contributed by atoms with Crippen LogP contribution in [0.15, 0.2) is 0 Å². The van der Waals surface area contributed by atoms with Crippen molar-refractivity contribution in [3.63, 3.8) is 0 Å². The van der Waals surface area contributed by atoms with Crippen LogP contribution in [-0.2, 0) is 14.2 Å². The highest BCUT2D eigenvalue weighted by atomic mass is 16.5. The van der Waals surface area contributed by atoms with Gasteiger partial charge < -0.3 is 25.1 Å². The van der Waals surface area contributed by atoms with Crippen LogP contribution in [0.1, 0.15) is 39.0 Å². The minimum absolute atomic E-state index is 0.117. The van der Waals surface area contributed by atoms with E-state index in [1.807, 2.05) is 0 Å².